The Kier molecular flexibility index (Phi) is 6.96. The van der Waals surface area contributed by atoms with Crippen LogP contribution in [0.3, 0.4) is 0 Å². The molecular formula is C49H27N5O2S. The molecule has 0 spiro atoms. The molecule has 0 amide bonds. The van der Waals surface area contributed by atoms with E-state index in [9.17, 15) is 0 Å². The van der Waals surface area contributed by atoms with Gasteiger partial charge in [0.25, 0.3) is 0 Å². The minimum atomic E-state index is 0.538. The van der Waals surface area contributed by atoms with E-state index in [1.54, 1.807) is 11.3 Å². The van der Waals surface area contributed by atoms with E-state index in [-0.39, 0.29) is 0 Å². The van der Waals surface area contributed by atoms with E-state index < -0.39 is 0 Å². The van der Waals surface area contributed by atoms with Crippen molar-refractivity contribution in [3.8, 4) is 56.8 Å². The highest BCUT2D eigenvalue weighted by atomic mass is 32.1. The molecule has 5 heterocycles. The van der Waals surface area contributed by atoms with Gasteiger partial charge in [0.2, 0.25) is 0 Å². The highest BCUT2D eigenvalue weighted by molar-refractivity contribution is 7.26. The first-order valence-corrected chi connectivity index (χ1v) is 19.5. The minimum absolute atomic E-state index is 0.538. The number of hydrogen-bond donors (Lipinski definition) is 0. The third-order valence-electron chi connectivity index (χ3n) is 10.6. The van der Waals surface area contributed by atoms with Crippen molar-refractivity contribution in [2.45, 2.75) is 0 Å². The monoisotopic (exact) mass is 749 g/mol. The van der Waals surface area contributed by atoms with Gasteiger partial charge in [-0.15, -0.1) is 11.3 Å². The summed E-state index contributed by atoms with van der Waals surface area (Å²) in [7, 11) is 0. The van der Waals surface area contributed by atoms with E-state index in [2.05, 4.69) is 60.7 Å². The number of benzene rings is 7. The SMILES string of the molecule is c1ccc(-c2nc(-c3cccc4oc5ccccc5c34)nc(-c3cccc4oc5c(-c6nc(-c7ccccc7)c7sc8ccccc8c7n6)cccc5c34)n2)cc1. The summed E-state index contributed by atoms with van der Waals surface area (Å²) in [5.74, 6) is 2.27. The van der Waals surface area contributed by atoms with E-state index >= 15 is 0 Å². The molecule has 0 fully saturated rings. The Morgan fingerprint density at radius 1 is 0.368 bits per heavy atom. The predicted molar refractivity (Wildman–Crippen MR) is 230 cm³/mol. The maximum absolute atomic E-state index is 6.79. The van der Waals surface area contributed by atoms with E-state index in [1.807, 2.05) is 103 Å². The first kappa shape index (κ1) is 31.8. The van der Waals surface area contributed by atoms with Crippen LogP contribution in [0.5, 0.6) is 0 Å². The molecular weight excluding hydrogens is 723 g/mol. The summed E-state index contributed by atoms with van der Waals surface area (Å²) in [5, 5.41) is 4.91. The minimum Gasteiger partial charge on any atom is -0.456 e. The van der Waals surface area contributed by atoms with Crippen LogP contribution in [0.25, 0.3) is 121 Å². The molecule has 57 heavy (non-hydrogen) atoms. The van der Waals surface area contributed by atoms with Gasteiger partial charge >= 0.3 is 0 Å². The van der Waals surface area contributed by atoms with Gasteiger partial charge in [-0.1, -0.05) is 133 Å². The fraction of sp³-hybridized carbons (Fsp3) is 0. The first-order chi connectivity index (χ1) is 28.2. The first-order valence-electron chi connectivity index (χ1n) is 18.7. The molecule has 8 heteroatoms. The van der Waals surface area contributed by atoms with Crippen LogP contribution in [-0.4, -0.2) is 24.9 Å². The van der Waals surface area contributed by atoms with E-state index in [4.69, 9.17) is 33.8 Å². The Balaban J connectivity index is 1.10. The lowest BCUT2D eigenvalue weighted by Gasteiger charge is -2.10. The Morgan fingerprint density at radius 2 is 0.912 bits per heavy atom. The van der Waals surface area contributed by atoms with Gasteiger partial charge in [-0.05, 0) is 30.3 Å². The predicted octanol–water partition coefficient (Wildman–Crippen LogP) is 13.2. The second-order valence-corrected chi connectivity index (χ2v) is 15.0. The van der Waals surface area contributed by atoms with E-state index in [1.165, 1.54) is 4.70 Å². The molecule has 12 rings (SSSR count). The standard InChI is InChI=1S/C49H27N5O2S/c1-3-14-28(15-4-1)42-45-43(31-19-8-10-27-39(31)57-45)51-49(50-42)35-23-11-20-32-41-34(22-13-26-38(41)56-44(32)35)48-53-46(29-16-5-2-6-17-29)52-47(54-48)33-21-12-25-37-40(33)30-18-7-9-24-36(30)55-37/h1-27H. The quantitative estimate of drug-likeness (QED) is 0.173. The van der Waals surface area contributed by atoms with Crippen LogP contribution < -0.4 is 0 Å². The topological polar surface area (TPSA) is 90.7 Å². The van der Waals surface area contributed by atoms with Crippen molar-refractivity contribution < 1.29 is 8.83 Å². The molecule has 266 valence electrons. The summed E-state index contributed by atoms with van der Waals surface area (Å²) in [6, 6.07) is 55.1. The van der Waals surface area contributed by atoms with Crippen molar-refractivity contribution in [2.75, 3.05) is 0 Å². The average molecular weight is 750 g/mol. The van der Waals surface area contributed by atoms with Crippen LogP contribution in [0, 0.1) is 0 Å². The van der Waals surface area contributed by atoms with Crippen LogP contribution in [0.1, 0.15) is 0 Å². The van der Waals surface area contributed by atoms with Crippen LogP contribution >= 0.6 is 11.3 Å². The molecule has 7 nitrogen and oxygen atoms in total. The fourth-order valence-corrected chi connectivity index (χ4v) is 9.16. The lowest BCUT2D eigenvalue weighted by molar-refractivity contribution is 0.669. The summed E-state index contributed by atoms with van der Waals surface area (Å²) in [5.41, 5.74) is 9.27. The molecule has 0 unspecified atom stereocenters. The molecule has 0 aliphatic carbocycles. The number of aromatic nitrogens is 5. The van der Waals surface area contributed by atoms with Gasteiger partial charge in [0.05, 0.1) is 21.5 Å². The van der Waals surface area contributed by atoms with Gasteiger partial charge in [-0.2, -0.15) is 0 Å². The van der Waals surface area contributed by atoms with Crippen molar-refractivity contribution in [1.29, 1.82) is 0 Å². The Morgan fingerprint density at radius 3 is 1.68 bits per heavy atom. The van der Waals surface area contributed by atoms with Crippen LogP contribution in [0.2, 0.25) is 0 Å². The third kappa shape index (κ3) is 5.01. The van der Waals surface area contributed by atoms with Gasteiger partial charge in [0.15, 0.2) is 23.3 Å². The molecule has 0 radical (unpaired) electrons. The zero-order valence-corrected chi connectivity index (χ0v) is 30.9. The second-order valence-electron chi connectivity index (χ2n) is 14.0. The normalized spacial score (nSPS) is 11.9. The summed E-state index contributed by atoms with van der Waals surface area (Å²) in [6.07, 6.45) is 0. The van der Waals surface area contributed by atoms with Gasteiger partial charge in [-0.25, -0.2) is 24.9 Å². The second kappa shape index (κ2) is 12.5. The molecule has 0 bridgehead atoms. The molecule has 7 aromatic carbocycles. The van der Waals surface area contributed by atoms with Crippen LogP contribution in [-0.2, 0) is 0 Å². The van der Waals surface area contributed by atoms with Crippen LogP contribution in [0.15, 0.2) is 173 Å². The number of hydrogen-bond acceptors (Lipinski definition) is 8. The number of rotatable bonds is 5. The van der Waals surface area contributed by atoms with Crippen molar-refractivity contribution in [3.05, 3.63) is 164 Å². The summed E-state index contributed by atoms with van der Waals surface area (Å²) >= 11 is 1.72. The van der Waals surface area contributed by atoms with Crippen molar-refractivity contribution >= 4 is 75.5 Å². The van der Waals surface area contributed by atoms with E-state index in [0.29, 0.717) is 34.5 Å². The molecule has 12 aromatic rings. The zero-order chi connectivity index (χ0) is 37.5. The molecule has 5 aromatic heterocycles. The molecule has 0 aliphatic rings. The number of thiophene rings is 1. The van der Waals surface area contributed by atoms with Gasteiger partial charge in [0.1, 0.15) is 22.3 Å². The molecule has 0 saturated heterocycles. The molecule has 0 saturated carbocycles. The zero-order valence-electron chi connectivity index (χ0n) is 30.0. The van der Waals surface area contributed by atoms with Gasteiger partial charge in [-0.3, -0.25) is 0 Å². The van der Waals surface area contributed by atoms with Crippen molar-refractivity contribution in [1.82, 2.24) is 24.9 Å². The summed E-state index contributed by atoms with van der Waals surface area (Å²) in [6.45, 7) is 0. The largest absolute Gasteiger partial charge is 0.456 e. The maximum atomic E-state index is 6.79. The highest BCUT2D eigenvalue weighted by Crippen LogP contribution is 2.43. The van der Waals surface area contributed by atoms with Crippen LogP contribution in [0.4, 0.5) is 0 Å². The maximum Gasteiger partial charge on any atom is 0.164 e. The Hall–Kier alpha value is -7.55. The lowest BCUT2D eigenvalue weighted by Crippen LogP contribution is -2.00. The Labute approximate surface area is 328 Å². The molecule has 0 N–H and O–H groups in total. The molecule has 0 atom stereocenters. The van der Waals surface area contributed by atoms with Crippen molar-refractivity contribution in [3.63, 3.8) is 0 Å². The number of fused-ring (bicyclic) bond motifs is 9. The van der Waals surface area contributed by atoms with Gasteiger partial charge in [0, 0.05) is 53.9 Å². The third-order valence-corrected chi connectivity index (χ3v) is 11.7. The summed E-state index contributed by atoms with van der Waals surface area (Å²) < 4.78 is 15.3. The number of furan rings is 2. The average Bonchev–Trinajstić information content (AvgIpc) is 3.98. The van der Waals surface area contributed by atoms with Crippen molar-refractivity contribution in [2.24, 2.45) is 0 Å². The number of nitrogens with zero attached hydrogens (tertiary/aromatic N) is 5. The van der Waals surface area contributed by atoms with Gasteiger partial charge < -0.3 is 8.83 Å². The Bertz CT molecular complexity index is 3540. The number of para-hydroxylation sites is 2. The van der Waals surface area contributed by atoms with E-state index in [0.717, 1.165) is 81.8 Å². The molecule has 0 aliphatic heterocycles. The fourth-order valence-electron chi connectivity index (χ4n) is 8.01. The smallest absolute Gasteiger partial charge is 0.164 e. The lowest BCUT2D eigenvalue weighted by atomic mass is 10.0. The highest BCUT2D eigenvalue weighted by Gasteiger charge is 2.23. The summed E-state index contributed by atoms with van der Waals surface area (Å²) in [4.78, 5) is 26.0.